The molecule has 0 aliphatic carbocycles. The number of halogens is 1. The first-order chi connectivity index (χ1) is 8.22. The Kier molecular flexibility index (Phi) is 6.65. The van der Waals surface area contributed by atoms with E-state index in [1.165, 1.54) is 0 Å². The summed E-state index contributed by atoms with van der Waals surface area (Å²) < 4.78 is 6.28. The second-order valence-corrected chi connectivity index (χ2v) is 4.37. The number of hydrogen-bond acceptors (Lipinski definition) is 3. The van der Waals surface area contributed by atoms with Crippen LogP contribution in [0.5, 0.6) is 5.75 Å². The predicted molar refractivity (Wildman–Crippen MR) is 71.2 cm³/mol. The fraction of sp³-hybridized carbons (Fsp3) is 0.417. The van der Waals surface area contributed by atoms with E-state index >= 15 is 0 Å². The molecule has 0 aromatic heterocycles. The van der Waals surface area contributed by atoms with E-state index in [1.54, 1.807) is 0 Å². The van der Waals surface area contributed by atoms with Crippen LogP contribution in [0.2, 0.25) is 0 Å². The molecule has 0 saturated carbocycles. The summed E-state index contributed by atoms with van der Waals surface area (Å²) >= 11 is 3.34. The molecule has 0 heterocycles. The van der Waals surface area contributed by atoms with Gasteiger partial charge in [-0.1, -0.05) is 28.9 Å². The quantitative estimate of drug-likeness (QED) is 0.751. The first-order valence-electron chi connectivity index (χ1n) is 5.58. The van der Waals surface area contributed by atoms with Gasteiger partial charge in [-0.05, 0) is 24.7 Å². The molecule has 17 heavy (non-hydrogen) atoms. The summed E-state index contributed by atoms with van der Waals surface area (Å²) in [6.07, 6.45) is 0. The highest BCUT2D eigenvalue weighted by atomic mass is 79.9. The van der Waals surface area contributed by atoms with E-state index in [4.69, 9.17) is 4.74 Å². The van der Waals surface area contributed by atoms with E-state index in [-0.39, 0.29) is 12.5 Å². The number of rotatable bonds is 7. The second kappa shape index (κ2) is 8.08. The largest absolute Gasteiger partial charge is 0.484 e. The monoisotopic (exact) mass is 300 g/mol. The fourth-order valence-corrected chi connectivity index (χ4v) is 1.60. The molecule has 5 heteroatoms. The smallest absolute Gasteiger partial charge is 0.257 e. The van der Waals surface area contributed by atoms with Gasteiger partial charge in [0.1, 0.15) is 5.75 Å². The van der Waals surface area contributed by atoms with Crippen LogP contribution in [-0.4, -0.2) is 32.1 Å². The summed E-state index contributed by atoms with van der Waals surface area (Å²) in [4.78, 5) is 11.4. The van der Waals surface area contributed by atoms with Crippen molar-refractivity contribution in [2.45, 2.75) is 6.92 Å². The van der Waals surface area contributed by atoms with Crippen LogP contribution in [0.3, 0.4) is 0 Å². The number of amides is 1. The van der Waals surface area contributed by atoms with Crippen LogP contribution in [0.4, 0.5) is 0 Å². The van der Waals surface area contributed by atoms with Gasteiger partial charge in [0.05, 0.1) is 0 Å². The van der Waals surface area contributed by atoms with Crippen molar-refractivity contribution in [1.29, 1.82) is 0 Å². The topological polar surface area (TPSA) is 50.4 Å². The molecular weight excluding hydrogens is 284 g/mol. The van der Waals surface area contributed by atoms with Crippen molar-refractivity contribution in [2.75, 3.05) is 26.2 Å². The molecule has 0 unspecified atom stereocenters. The lowest BCUT2D eigenvalue weighted by Crippen LogP contribution is -2.34. The third kappa shape index (κ3) is 6.28. The lowest BCUT2D eigenvalue weighted by Gasteiger charge is -2.07. The number of likely N-dealkylation sites (N-methyl/N-ethyl adjacent to an activating group) is 1. The summed E-state index contributed by atoms with van der Waals surface area (Å²) in [5.74, 6) is 0.573. The standard InChI is InChI=1S/C12H17BrN2O2/c1-2-14-6-7-15-12(16)9-17-11-5-3-4-10(13)8-11/h3-5,8,14H,2,6-7,9H2,1H3,(H,15,16). The van der Waals surface area contributed by atoms with Gasteiger partial charge in [0.15, 0.2) is 6.61 Å². The fourth-order valence-electron chi connectivity index (χ4n) is 1.22. The molecule has 94 valence electrons. The van der Waals surface area contributed by atoms with Gasteiger partial charge >= 0.3 is 0 Å². The zero-order valence-corrected chi connectivity index (χ0v) is 11.4. The second-order valence-electron chi connectivity index (χ2n) is 3.45. The highest BCUT2D eigenvalue weighted by molar-refractivity contribution is 9.10. The van der Waals surface area contributed by atoms with Crippen LogP contribution in [-0.2, 0) is 4.79 Å². The molecule has 0 atom stereocenters. The molecular formula is C12H17BrN2O2. The van der Waals surface area contributed by atoms with Crippen LogP contribution < -0.4 is 15.4 Å². The number of ether oxygens (including phenoxy) is 1. The number of nitrogens with one attached hydrogen (secondary N) is 2. The molecule has 0 bridgehead atoms. The van der Waals surface area contributed by atoms with Gasteiger partial charge in [-0.25, -0.2) is 0 Å². The average Bonchev–Trinajstić information content (AvgIpc) is 2.32. The highest BCUT2D eigenvalue weighted by Gasteiger charge is 2.01. The molecule has 1 aromatic carbocycles. The molecule has 1 aromatic rings. The van der Waals surface area contributed by atoms with Crippen LogP contribution in [0.15, 0.2) is 28.7 Å². The molecule has 0 aliphatic rings. The third-order valence-electron chi connectivity index (χ3n) is 2.04. The maximum absolute atomic E-state index is 11.4. The Morgan fingerprint density at radius 3 is 2.94 bits per heavy atom. The molecule has 1 rings (SSSR count). The summed E-state index contributed by atoms with van der Waals surface area (Å²) in [6, 6.07) is 7.41. The Morgan fingerprint density at radius 2 is 2.24 bits per heavy atom. The first-order valence-corrected chi connectivity index (χ1v) is 6.37. The normalized spacial score (nSPS) is 10.0. The van der Waals surface area contributed by atoms with Gasteiger partial charge in [0, 0.05) is 17.6 Å². The zero-order valence-electron chi connectivity index (χ0n) is 9.83. The van der Waals surface area contributed by atoms with Crippen LogP contribution in [0.1, 0.15) is 6.92 Å². The van der Waals surface area contributed by atoms with E-state index in [0.29, 0.717) is 12.3 Å². The van der Waals surface area contributed by atoms with Gasteiger partial charge in [-0.3, -0.25) is 4.79 Å². The van der Waals surface area contributed by atoms with Crippen molar-refractivity contribution >= 4 is 21.8 Å². The minimum absolute atomic E-state index is 0.0442. The van der Waals surface area contributed by atoms with Crippen LogP contribution in [0.25, 0.3) is 0 Å². The van der Waals surface area contributed by atoms with Crippen molar-refractivity contribution in [2.24, 2.45) is 0 Å². The third-order valence-corrected chi connectivity index (χ3v) is 2.53. The maximum Gasteiger partial charge on any atom is 0.257 e. The van der Waals surface area contributed by atoms with Crippen molar-refractivity contribution < 1.29 is 9.53 Å². The number of benzene rings is 1. The van der Waals surface area contributed by atoms with Crippen molar-refractivity contribution in [3.63, 3.8) is 0 Å². The van der Waals surface area contributed by atoms with Gasteiger partial charge in [0.2, 0.25) is 0 Å². The van der Waals surface area contributed by atoms with E-state index in [2.05, 4.69) is 26.6 Å². The van der Waals surface area contributed by atoms with Gasteiger partial charge in [-0.15, -0.1) is 0 Å². The molecule has 0 radical (unpaired) electrons. The minimum atomic E-state index is -0.108. The highest BCUT2D eigenvalue weighted by Crippen LogP contribution is 2.17. The summed E-state index contributed by atoms with van der Waals surface area (Å²) in [5.41, 5.74) is 0. The van der Waals surface area contributed by atoms with Gasteiger partial charge in [0.25, 0.3) is 5.91 Å². The Bertz CT molecular complexity index is 358. The van der Waals surface area contributed by atoms with Crippen molar-refractivity contribution in [3.05, 3.63) is 28.7 Å². The van der Waals surface area contributed by atoms with Crippen molar-refractivity contribution in [3.8, 4) is 5.75 Å². The first kappa shape index (κ1) is 14.0. The summed E-state index contributed by atoms with van der Waals surface area (Å²) in [6.45, 7) is 4.37. The average molecular weight is 301 g/mol. The Hall–Kier alpha value is -1.07. The number of carbonyl (C=O) groups excluding carboxylic acids is 1. The van der Waals surface area contributed by atoms with Crippen molar-refractivity contribution in [1.82, 2.24) is 10.6 Å². The summed E-state index contributed by atoms with van der Waals surface area (Å²) in [5, 5.41) is 5.89. The number of carbonyl (C=O) groups is 1. The lowest BCUT2D eigenvalue weighted by molar-refractivity contribution is -0.123. The Labute approximate surface area is 110 Å². The van der Waals surface area contributed by atoms with Gasteiger partial charge in [-0.2, -0.15) is 0 Å². The molecule has 4 nitrogen and oxygen atoms in total. The molecule has 0 fully saturated rings. The van der Waals surface area contributed by atoms with E-state index in [0.717, 1.165) is 17.6 Å². The van der Waals surface area contributed by atoms with E-state index in [1.807, 2.05) is 31.2 Å². The van der Waals surface area contributed by atoms with E-state index in [9.17, 15) is 4.79 Å². The Balaban J connectivity index is 2.19. The molecule has 2 N–H and O–H groups in total. The summed E-state index contributed by atoms with van der Waals surface area (Å²) in [7, 11) is 0. The molecule has 1 amide bonds. The minimum Gasteiger partial charge on any atom is -0.484 e. The SMILES string of the molecule is CCNCCNC(=O)COc1cccc(Br)c1. The van der Waals surface area contributed by atoms with Crippen LogP contribution >= 0.6 is 15.9 Å². The Morgan fingerprint density at radius 1 is 1.41 bits per heavy atom. The zero-order chi connectivity index (χ0) is 12.5. The number of hydrogen-bond donors (Lipinski definition) is 2. The predicted octanol–water partition coefficient (Wildman–Crippen LogP) is 1.55. The molecule has 0 aliphatic heterocycles. The van der Waals surface area contributed by atoms with Gasteiger partial charge < -0.3 is 15.4 Å². The van der Waals surface area contributed by atoms with E-state index < -0.39 is 0 Å². The molecule has 0 saturated heterocycles. The lowest BCUT2D eigenvalue weighted by atomic mass is 10.3. The maximum atomic E-state index is 11.4. The van der Waals surface area contributed by atoms with Crippen LogP contribution in [0, 0.1) is 0 Å². The molecule has 0 spiro atoms.